The van der Waals surface area contributed by atoms with E-state index in [-0.39, 0.29) is 5.57 Å². The van der Waals surface area contributed by atoms with Crippen molar-refractivity contribution in [2.75, 3.05) is 11.9 Å². The van der Waals surface area contributed by atoms with Crippen LogP contribution in [0.15, 0.2) is 60.2 Å². The van der Waals surface area contributed by atoms with Crippen molar-refractivity contribution in [3.8, 4) is 6.07 Å². The minimum Gasteiger partial charge on any atom is -0.462 e. The fraction of sp³-hybridized carbons (Fsp3) is 0.105. The summed E-state index contributed by atoms with van der Waals surface area (Å²) in [5.41, 5.74) is 1.65. The molecule has 0 fully saturated rings. The molecule has 5 nitrogen and oxygen atoms in total. The molecule has 1 amide bonds. The van der Waals surface area contributed by atoms with Crippen molar-refractivity contribution in [3.05, 3.63) is 71.3 Å². The van der Waals surface area contributed by atoms with Gasteiger partial charge in [-0.15, -0.1) is 0 Å². The largest absolute Gasteiger partial charge is 0.462 e. The molecule has 0 aromatic heterocycles. The highest BCUT2D eigenvalue weighted by Crippen LogP contribution is 2.13. The van der Waals surface area contributed by atoms with Crippen molar-refractivity contribution in [1.29, 1.82) is 5.26 Å². The normalized spacial score (nSPS) is 10.6. The Kier molecular flexibility index (Phi) is 5.87. The van der Waals surface area contributed by atoms with Gasteiger partial charge < -0.3 is 10.1 Å². The number of ether oxygens (including phenoxy) is 1. The molecule has 0 saturated carbocycles. The zero-order chi connectivity index (χ0) is 17.4. The zero-order valence-corrected chi connectivity index (χ0v) is 13.2. The zero-order valence-electron chi connectivity index (χ0n) is 13.2. The number of nitrogens with one attached hydrogen (secondary N) is 1. The molecule has 120 valence electrons. The van der Waals surface area contributed by atoms with E-state index in [2.05, 4.69) is 5.32 Å². The maximum absolute atomic E-state index is 12.2. The van der Waals surface area contributed by atoms with E-state index in [1.807, 2.05) is 24.3 Å². The van der Waals surface area contributed by atoms with E-state index in [9.17, 15) is 14.9 Å². The molecule has 0 unspecified atom stereocenters. The summed E-state index contributed by atoms with van der Waals surface area (Å²) in [7, 11) is 0. The molecule has 0 aliphatic heterocycles. The third-order valence-corrected chi connectivity index (χ3v) is 3.13. The smallest absolute Gasteiger partial charge is 0.338 e. The highest BCUT2D eigenvalue weighted by Gasteiger charge is 2.11. The number of nitriles is 1. The molecular formula is C19H16N2O3. The van der Waals surface area contributed by atoms with E-state index < -0.39 is 11.9 Å². The van der Waals surface area contributed by atoms with Crippen LogP contribution in [0.25, 0.3) is 6.08 Å². The van der Waals surface area contributed by atoms with Crippen LogP contribution >= 0.6 is 0 Å². The van der Waals surface area contributed by atoms with Crippen LogP contribution in [-0.4, -0.2) is 18.5 Å². The SMILES string of the molecule is CCOC(=O)c1ccc(NC(=O)/C(C#N)=C/c2ccccc2)cc1. The van der Waals surface area contributed by atoms with Gasteiger partial charge in [-0.3, -0.25) is 4.79 Å². The molecule has 5 heteroatoms. The number of hydrogen-bond acceptors (Lipinski definition) is 4. The van der Waals surface area contributed by atoms with Gasteiger partial charge in [0.25, 0.3) is 5.91 Å². The minimum absolute atomic E-state index is 0.00401. The highest BCUT2D eigenvalue weighted by molar-refractivity contribution is 6.09. The lowest BCUT2D eigenvalue weighted by Crippen LogP contribution is -2.13. The van der Waals surface area contributed by atoms with Gasteiger partial charge >= 0.3 is 5.97 Å². The molecule has 2 aromatic carbocycles. The van der Waals surface area contributed by atoms with E-state index in [1.165, 1.54) is 6.08 Å². The first-order chi connectivity index (χ1) is 11.6. The van der Waals surface area contributed by atoms with Gasteiger partial charge in [-0.1, -0.05) is 30.3 Å². The van der Waals surface area contributed by atoms with Crippen molar-refractivity contribution >= 4 is 23.6 Å². The van der Waals surface area contributed by atoms with Gasteiger partial charge in [-0.25, -0.2) is 4.79 Å². The van der Waals surface area contributed by atoms with Crippen LogP contribution in [0.2, 0.25) is 0 Å². The van der Waals surface area contributed by atoms with Crippen molar-refractivity contribution in [2.45, 2.75) is 6.92 Å². The highest BCUT2D eigenvalue weighted by atomic mass is 16.5. The van der Waals surface area contributed by atoms with Gasteiger partial charge in [0.2, 0.25) is 0 Å². The minimum atomic E-state index is -0.509. The van der Waals surface area contributed by atoms with E-state index in [0.717, 1.165) is 5.56 Å². The topological polar surface area (TPSA) is 79.2 Å². The van der Waals surface area contributed by atoms with Crippen LogP contribution in [0.5, 0.6) is 0 Å². The standard InChI is InChI=1S/C19H16N2O3/c1-2-24-19(23)15-8-10-17(11-9-15)21-18(22)16(13-20)12-14-6-4-3-5-7-14/h3-12H,2H2,1H3,(H,21,22)/b16-12+. The van der Waals surface area contributed by atoms with E-state index in [1.54, 1.807) is 43.3 Å². The first-order valence-electron chi connectivity index (χ1n) is 7.39. The Morgan fingerprint density at radius 2 is 1.79 bits per heavy atom. The molecule has 0 spiro atoms. The fourth-order valence-corrected chi connectivity index (χ4v) is 1.97. The van der Waals surface area contributed by atoms with Crippen molar-refractivity contribution in [1.82, 2.24) is 0 Å². The number of anilines is 1. The summed E-state index contributed by atoms with van der Waals surface area (Å²) in [4.78, 5) is 23.8. The number of carbonyl (C=O) groups is 2. The van der Waals surface area contributed by atoms with Crippen LogP contribution < -0.4 is 5.32 Å². The third kappa shape index (κ3) is 4.55. The second-order valence-corrected chi connectivity index (χ2v) is 4.83. The summed E-state index contributed by atoms with van der Waals surface area (Å²) in [6, 6.07) is 17.3. The molecule has 0 saturated heterocycles. The van der Waals surface area contributed by atoms with Gasteiger partial charge in [0.05, 0.1) is 12.2 Å². The Labute approximate surface area is 140 Å². The average molecular weight is 320 g/mol. The molecule has 0 bridgehead atoms. The van der Waals surface area contributed by atoms with E-state index >= 15 is 0 Å². The molecule has 2 rings (SSSR count). The Morgan fingerprint density at radius 1 is 1.12 bits per heavy atom. The van der Waals surface area contributed by atoms with Crippen LogP contribution in [0, 0.1) is 11.3 Å². The summed E-state index contributed by atoms with van der Waals surface area (Å²) in [5, 5.41) is 11.8. The molecule has 0 aliphatic rings. The Bertz CT molecular complexity index is 788. The van der Waals surface area contributed by atoms with Gasteiger partial charge in [-0.05, 0) is 42.8 Å². The molecule has 2 aromatic rings. The second-order valence-electron chi connectivity index (χ2n) is 4.83. The van der Waals surface area contributed by atoms with E-state index in [0.29, 0.717) is 17.9 Å². The van der Waals surface area contributed by atoms with Crippen LogP contribution in [0.4, 0.5) is 5.69 Å². The van der Waals surface area contributed by atoms with Crippen LogP contribution in [0.1, 0.15) is 22.8 Å². The Balaban J connectivity index is 2.09. The number of esters is 1. The molecular weight excluding hydrogens is 304 g/mol. The average Bonchev–Trinajstić information content (AvgIpc) is 2.61. The van der Waals surface area contributed by atoms with Crippen molar-refractivity contribution in [2.24, 2.45) is 0 Å². The summed E-state index contributed by atoms with van der Waals surface area (Å²) < 4.78 is 4.89. The summed E-state index contributed by atoms with van der Waals surface area (Å²) >= 11 is 0. The number of hydrogen-bond donors (Lipinski definition) is 1. The van der Waals surface area contributed by atoms with Gasteiger partial charge in [0.15, 0.2) is 0 Å². The van der Waals surface area contributed by atoms with E-state index in [4.69, 9.17) is 4.74 Å². The van der Waals surface area contributed by atoms with Gasteiger partial charge in [0.1, 0.15) is 11.6 Å². The van der Waals surface area contributed by atoms with Crippen LogP contribution in [0.3, 0.4) is 0 Å². The predicted octanol–water partition coefficient (Wildman–Crippen LogP) is 3.41. The predicted molar refractivity (Wildman–Crippen MR) is 91.1 cm³/mol. The lowest BCUT2D eigenvalue weighted by molar-refractivity contribution is -0.112. The summed E-state index contributed by atoms with van der Waals surface area (Å²) in [5.74, 6) is -0.928. The first-order valence-corrected chi connectivity index (χ1v) is 7.39. The molecule has 1 N–H and O–H groups in total. The lowest BCUT2D eigenvalue weighted by Gasteiger charge is -2.06. The molecule has 0 radical (unpaired) electrons. The monoisotopic (exact) mass is 320 g/mol. The Hall–Kier alpha value is -3.39. The molecule has 0 aliphatic carbocycles. The second kappa shape index (κ2) is 8.30. The lowest BCUT2D eigenvalue weighted by atomic mass is 10.1. The fourth-order valence-electron chi connectivity index (χ4n) is 1.97. The summed E-state index contributed by atoms with van der Waals surface area (Å²) in [6.45, 7) is 2.03. The molecule has 0 heterocycles. The van der Waals surface area contributed by atoms with Crippen molar-refractivity contribution in [3.63, 3.8) is 0 Å². The Morgan fingerprint density at radius 3 is 2.38 bits per heavy atom. The van der Waals surface area contributed by atoms with Crippen molar-refractivity contribution < 1.29 is 14.3 Å². The molecule has 24 heavy (non-hydrogen) atoms. The molecule has 0 atom stereocenters. The van der Waals surface area contributed by atoms with Gasteiger partial charge in [0, 0.05) is 5.69 Å². The number of benzene rings is 2. The maximum Gasteiger partial charge on any atom is 0.338 e. The quantitative estimate of drug-likeness (QED) is 0.520. The number of nitrogens with zero attached hydrogens (tertiary/aromatic N) is 1. The third-order valence-electron chi connectivity index (χ3n) is 3.13. The first kappa shape index (κ1) is 17.0. The van der Waals surface area contributed by atoms with Gasteiger partial charge in [-0.2, -0.15) is 5.26 Å². The van der Waals surface area contributed by atoms with Crippen LogP contribution in [-0.2, 0) is 9.53 Å². The number of amides is 1. The number of rotatable bonds is 5. The summed E-state index contributed by atoms with van der Waals surface area (Å²) in [6.07, 6.45) is 1.52. The number of carbonyl (C=O) groups excluding carboxylic acids is 2. The maximum atomic E-state index is 12.2.